The van der Waals surface area contributed by atoms with Crippen LogP contribution in [0.3, 0.4) is 0 Å². The molecule has 0 spiro atoms. The molecule has 1 saturated carbocycles. The number of aromatic nitrogens is 2. The summed E-state index contributed by atoms with van der Waals surface area (Å²) in [5.74, 6) is -1.91. The molecule has 2 aromatic rings. The summed E-state index contributed by atoms with van der Waals surface area (Å²) in [4.78, 5) is 14.2. The molecule has 3 rings (SSSR count). The lowest BCUT2D eigenvalue weighted by Gasteiger charge is -2.24. The first kappa shape index (κ1) is 19.8. The quantitative estimate of drug-likeness (QED) is 0.653. The van der Waals surface area contributed by atoms with E-state index in [4.69, 9.17) is 23.2 Å². The van der Waals surface area contributed by atoms with Crippen molar-refractivity contribution in [2.24, 2.45) is 7.05 Å². The van der Waals surface area contributed by atoms with E-state index in [9.17, 15) is 18.0 Å². The first-order chi connectivity index (χ1) is 12.7. The van der Waals surface area contributed by atoms with E-state index in [1.807, 2.05) is 0 Å². The number of hydrogen-bond donors (Lipinski definition) is 0. The third-order valence-corrected chi connectivity index (χ3v) is 4.74. The fourth-order valence-corrected chi connectivity index (χ4v) is 3.35. The molecule has 1 heterocycles. The van der Waals surface area contributed by atoms with Gasteiger partial charge in [0.15, 0.2) is 0 Å². The number of benzene rings is 1. The minimum atomic E-state index is -3.06. The fourth-order valence-electron chi connectivity index (χ4n) is 2.82. The predicted molar refractivity (Wildman–Crippen MR) is 97.7 cm³/mol. The zero-order valence-corrected chi connectivity index (χ0v) is 15.9. The second kappa shape index (κ2) is 7.56. The minimum Gasteiger partial charge on any atom is -0.331 e. The van der Waals surface area contributed by atoms with E-state index in [0.717, 1.165) is 0 Å². The number of nitrogens with zero attached hydrogens (tertiary/aromatic N) is 3. The van der Waals surface area contributed by atoms with Gasteiger partial charge in [-0.05, 0) is 42.2 Å². The highest BCUT2D eigenvalue weighted by Crippen LogP contribution is 2.33. The van der Waals surface area contributed by atoms with Crippen LogP contribution in [0, 0.1) is 5.95 Å². The van der Waals surface area contributed by atoms with Gasteiger partial charge in [0, 0.05) is 29.7 Å². The van der Waals surface area contributed by atoms with E-state index in [-0.39, 0.29) is 12.6 Å². The van der Waals surface area contributed by atoms with Gasteiger partial charge in [-0.3, -0.25) is 4.79 Å². The maximum absolute atomic E-state index is 14.3. The highest BCUT2D eigenvalue weighted by atomic mass is 35.5. The molecule has 0 atom stereocenters. The van der Waals surface area contributed by atoms with Crippen molar-refractivity contribution in [1.82, 2.24) is 14.7 Å². The summed E-state index contributed by atoms with van der Waals surface area (Å²) >= 11 is 12.0. The van der Waals surface area contributed by atoms with Crippen molar-refractivity contribution in [2.45, 2.75) is 25.3 Å². The predicted octanol–water partition coefficient (Wildman–Crippen LogP) is 5.12. The van der Waals surface area contributed by atoms with E-state index in [1.165, 1.54) is 11.9 Å². The summed E-state index contributed by atoms with van der Waals surface area (Å²) in [5.41, 5.74) is -0.423. The Morgan fingerprint density at radius 2 is 1.93 bits per heavy atom. The zero-order valence-electron chi connectivity index (χ0n) is 14.4. The third kappa shape index (κ3) is 4.14. The number of amides is 1. The van der Waals surface area contributed by atoms with E-state index in [1.54, 1.807) is 18.2 Å². The largest absolute Gasteiger partial charge is 0.331 e. The molecule has 4 nitrogen and oxygen atoms in total. The molecular formula is C18H16Cl2F3N3O. The van der Waals surface area contributed by atoms with Crippen LogP contribution in [0.2, 0.25) is 10.0 Å². The average molecular weight is 418 g/mol. The van der Waals surface area contributed by atoms with Gasteiger partial charge in [-0.1, -0.05) is 29.8 Å². The van der Waals surface area contributed by atoms with Crippen LogP contribution in [-0.2, 0) is 7.05 Å². The first-order valence-electron chi connectivity index (χ1n) is 8.14. The van der Waals surface area contributed by atoms with Crippen LogP contribution in [0.4, 0.5) is 13.2 Å². The summed E-state index contributed by atoms with van der Waals surface area (Å²) in [6, 6.07) is 4.68. The molecule has 0 saturated heterocycles. The third-order valence-electron chi connectivity index (χ3n) is 4.31. The Hall–Kier alpha value is -1.99. The SMILES string of the molecule is C=C(CN(C(=O)c1c(C(F)F)nn(C)c1F)C1CC1)c1cc(Cl)cc(Cl)c1. The van der Waals surface area contributed by atoms with E-state index in [2.05, 4.69) is 11.7 Å². The standard InChI is InChI=1S/C18H16Cl2F3N3O/c1-9(10-5-11(19)7-12(20)6-10)8-26(13-3-4-13)18(27)14-15(16(21)22)24-25(2)17(14)23/h5-7,13,16H,1,3-4,8H2,2H3. The average Bonchev–Trinajstić information content (AvgIpc) is 3.37. The van der Waals surface area contributed by atoms with Crippen molar-refractivity contribution < 1.29 is 18.0 Å². The molecule has 0 N–H and O–H groups in total. The van der Waals surface area contributed by atoms with Gasteiger partial charge >= 0.3 is 0 Å². The Morgan fingerprint density at radius 3 is 2.44 bits per heavy atom. The smallest absolute Gasteiger partial charge is 0.283 e. The van der Waals surface area contributed by atoms with Gasteiger partial charge < -0.3 is 4.90 Å². The summed E-state index contributed by atoms with van der Waals surface area (Å²) in [5, 5.41) is 4.25. The summed E-state index contributed by atoms with van der Waals surface area (Å²) in [7, 11) is 1.17. The van der Waals surface area contributed by atoms with Gasteiger partial charge in [-0.2, -0.15) is 9.49 Å². The second-order valence-corrected chi connectivity index (χ2v) is 7.27. The highest BCUT2D eigenvalue weighted by Gasteiger charge is 2.38. The van der Waals surface area contributed by atoms with E-state index < -0.39 is 29.5 Å². The van der Waals surface area contributed by atoms with Crippen molar-refractivity contribution in [1.29, 1.82) is 0 Å². The number of aryl methyl sites for hydroxylation is 1. The number of halogens is 5. The summed E-state index contributed by atoms with van der Waals surface area (Å²) in [6.45, 7) is 3.98. The van der Waals surface area contributed by atoms with Crippen molar-refractivity contribution >= 4 is 34.7 Å². The van der Waals surface area contributed by atoms with Crippen molar-refractivity contribution in [2.75, 3.05) is 6.54 Å². The van der Waals surface area contributed by atoms with Gasteiger partial charge in [-0.15, -0.1) is 0 Å². The van der Waals surface area contributed by atoms with E-state index >= 15 is 0 Å². The number of rotatable bonds is 6. The van der Waals surface area contributed by atoms with Crippen LogP contribution in [0.15, 0.2) is 24.8 Å². The van der Waals surface area contributed by atoms with Crippen LogP contribution in [0.1, 0.15) is 40.9 Å². The Kier molecular flexibility index (Phi) is 5.53. The summed E-state index contributed by atoms with van der Waals surface area (Å²) < 4.78 is 41.4. The summed E-state index contributed by atoms with van der Waals surface area (Å²) in [6.07, 6.45) is -1.64. The monoisotopic (exact) mass is 417 g/mol. The molecule has 1 aliphatic carbocycles. The minimum absolute atomic E-state index is 0.0389. The van der Waals surface area contributed by atoms with Crippen LogP contribution in [-0.4, -0.2) is 33.2 Å². The number of carbonyl (C=O) groups excluding carboxylic acids is 1. The fraction of sp³-hybridized carbons (Fsp3) is 0.333. The van der Waals surface area contributed by atoms with Gasteiger partial charge in [-0.25, -0.2) is 13.5 Å². The number of alkyl halides is 2. The lowest BCUT2D eigenvalue weighted by Crippen LogP contribution is -2.35. The molecule has 0 bridgehead atoms. The van der Waals surface area contributed by atoms with Gasteiger partial charge in [0.25, 0.3) is 12.3 Å². The van der Waals surface area contributed by atoms with Gasteiger partial charge in [0.05, 0.1) is 0 Å². The van der Waals surface area contributed by atoms with Crippen LogP contribution in [0.5, 0.6) is 0 Å². The molecule has 0 unspecified atom stereocenters. The molecule has 144 valence electrons. The Balaban J connectivity index is 1.91. The maximum atomic E-state index is 14.3. The highest BCUT2D eigenvalue weighted by molar-refractivity contribution is 6.34. The Labute approximate surface area is 164 Å². The molecule has 1 amide bonds. The molecule has 0 aliphatic heterocycles. The normalized spacial score (nSPS) is 13.9. The zero-order chi connectivity index (χ0) is 19.9. The van der Waals surface area contributed by atoms with Crippen LogP contribution < -0.4 is 0 Å². The second-order valence-electron chi connectivity index (χ2n) is 6.40. The number of carbonyl (C=O) groups is 1. The number of hydrogen-bond acceptors (Lipinski definition) is 2. The Morgan fingerprint density at radius 1 is 1.33 bits per heavy atom. The van der Waals surface area contributed by atoms with Crippen molar-refractivity contribution in [3.63, 3.8) is 0 Å². The lowest BCUT2D eigenvalue weighted by molar-refractivity contribution is 0.0747. The van der Waals surface area contributed by atoms with Crippen LogP contribution in [0.25, 0.3) is 5.57 Å². The molecule has 1 fully saturated rings. The molecule has 1 aromatic heterocycles. The molecule has 0 radical (unpaired) electrons. The van der Waals surface area contributed by atoms with Crippen LogP contribution >= 0.6 is 23.2 Å². The van der Waals surface area contributed by atoms with Crippen molar-refractivity contribution in [3.05, 3.63) is 57.6 Å². The topological polar surface area (TPSA) is 38.1 Å². The van der Waals surface area contributed by atoms with Gasteiger partial charge in [0.2, 0.25) is 5.95 Å². The Bertz CT molecular complexity index is 889. The van der Waals surface area contributed by atoms with E-state index in [0.29, 0.717) is 38.7 Å². The molecule has 1 aromatic carbocycles. The van der Waals surface area contributed by atoms with Gasteiger partial charge in [0.1, 0.15) is 11.3 Å². The molecule has 9 heteroatoms. The first-order valence-corrected chi connectivity index (χ1v) is 8.90. The molecule has 1 aliphatic rings. The molecule has 27 heavy (non-hydrogen) atoms. The lowest BCUT2D eigenvalue weighted by atomic mass is 10.1. The maximum Gasteiger partial charge on any atom is 0.283 e. The molecular weight excluding hydrogens is 402 g/mol. The van der Waals surface area contributed by atoms with Crippen molar-refractivity contribution in [3.8, 4) is 0 Å².